The average Bonchev–Trinajstić information content (AvgIpc) is 3.17. The first kappa shape index (κ1) is 21.7. The average molecular weight is 427 g/mol. The molecule has 2 aromatic carbocycles. The van der Waals surface area contributed by atoms with Gasteiger partial charge in [0.05, 0.1) is 18.6 Å². The van der Waals surface area contributed by atoms with Crippen molar-refractivity contribution in [3.8, 4) is 11.5 Å². The van der Waals surface area contributed by atoms with E-state index in [1.807, 2.05) is 61.7 Å². The number of carbonyl (C=O) groups is 1. The number of aryl methyl sites for hydroxylation is 1. The second kappa shape index (κ2) is 10.2. The quantitative estimate of drug-likeness (QED) is 0.508. The summed E-state index contributed by atoms with van der Waals surface area (Å²) in [6, 6.07) is 15.2. The van der Waals surface area contributed by atoms with E-state index in [0.717, 1.165) is 11.6 Å². The molecular formula is C22H26N4O3S. The van der Waals surface area contributed by atoms with Gasteiger partial charge in [0.1, 0.15) is 11.5 Å². The lowest BCUT2D eigenvalue weighted by Crippen LogP contribution is -2.16. The molecule has 0 aliphatic rings. The summed E-state index contributed by atoms with van der Waals surface area (Å²) in [6.45, 7) is 6.68. The standard InChI is InChI=1S/C22H26N4O3S/c1-5-26-21(16(3)29-17-12-10-15(2)11-13-17)24-25-22(26)30-14-20(27)23-18-8-6-7-9-19(18)28-4/h6-13,16H,5,14H2,1-4H3,(H,23,27). The molecular weight excluding hydrogens is 400 g/mol. The summed E-state index contributed by atoms with van der Waals surface area (Å²) in [4.78, 5) is 12.4. The van der Waals surface area contributed by atoms with Crippen LogP contribution in [0.5, 0.6) is 11.5 Å². The van der Waals surface area contributed by atoms with Crippen molar-refractivity contribution < 1.29 is 14.3 Å². The van der Waals surface area contributed by atoms with Gasteiger partial charge in [-0.15, -0.1) is 10.2 Å². The molecule has 3 rings (SSSR count). The molecule has 1 amide bonds. The molecule has 0 saturated heterocycles. The molecule has 0 spiro atoms. The number of nitrogens with one attached hydrogen (secondary N) is 1. The van der Waals surface area contributed by atoms with Crippen LogP contribution in [0, 0.1) is 6.92 Å². The molecule has 7 nitrogen and oxygen atoms in total. The zero-order valence-corrected chi connectivity index (χ0v) is 18.4. The Hall–Kier alpha value is -3.00. The lowest BCUT2D eigenvalue weighted by atomic mass is 10.2. The maximum Gasteiger partial charge on any atom is 0.234 e. The second-order valence-electron chi connectivity index (χ2n) is 6.70. The van der Waals surface area contributed by atoms with E-state index in [4.69, 9.17) is 9.47 Å². The zero-order valence-electron chi connectivity index (χ0n) is 17.6. The highest BCUT2D eigenvalue weighted by Crippen LogP contribution is 2.26. The van der Waals surface area contributed by atoms with Crippen LogP contribution in [0.2, 0.25) is 0 Å². The van der Waals surface area contributed by atoms with Gasteiger partial charge in [-0.3, -0.25) is 4.79 Å². The molecule has 0 radical (unpaired) electrons. The first-order valence-electron chi connectivity index (χ1n) is 9.74. The normalized spacial score (nSPS) is 11.7. The predicted octanol–water partition coefficient (Wildman–Crippen LogP) is 4.49. The molecule has 158 valence electrons. The van der Waals surface area contributed by atoms with Crippen molar-refractivity contribution in [2.75, 3.05) is 18.2 Å². The molecule has 0 bridgehead atoms. The number of nitrogens with zero attached hydrogens (tertiary/aromatic N) is 3. The van der Waals surface area contributed by atoms with E-state index in [1.165, 1.54) is 17.3 Å². The summed E-state index contributed by atoms with van der Waals surface area (Å²) >= 11 is 1.34. The van der Waals surface area contributed by atoms with Gasteiger partial charge in [0, 0.05) is 6.54 Å². The molecule has 30 heavy (non-hydrogen) atoms. The summed E-state index contributed by atoms with van der Waals surface area (Å²) in [7, 11) is 1.57. The molecule has 3 aromatic rings. The van der Waals surface area contributed by atoms with Crippen LogP contribution >= 0.6 is 11.8 Å². The van der Waals surface area contributed by atoms with Gasteiger partial charge in [0.15, 0.2) is 17.1 Å². The number of para-hydroxylation sites is 2. The Balaban J connectivity index is 1.63. The van der Waals surface area contributed by atoms with E-state index in [-0.39, 0.29) is 17.8 Å². The van der Waals surface area contributed by atoms with E-state index in [1.54, 1.807) is 19.2 Å². The SMILES string of the molecule is CCn1c(SCC(=O)Nc2ccccc2OC)nnc1C(C)Oc1ccc(C)cc1. The van der Waals surface area contributed by atoms with Gasteiger partial charge in [-0.25, -0.2) is 0 Å². The highest BCUT2D eigenvalue weighted by atomic mass is 32.2. The lowest BCUT2D eigenvalue weighted by molar-refractivity contribution is -0.113. The van der Waals surface area contributed by atoms with Crippen molar-refractivity contribution in [2.24, 2.45) is 0 Å². The largest absolute Gasteiger partial charge is 0.495 e. The monoisotopic (exact) mass is 426 g/mol. The highest BCUT2D eigenvalue weighted by Gasteiger charge is 2.19. The fourth-order valence-electron chi connectivity index (χ4n) is 2.94. The van der Waals surface area contributed by atoms with E-state index >= 15 is 0 Å². The van der Waals surface area contributed by atoms with Crippen molar-refractivity contribution in [1.29, 1.82) is 0 Å². The third kappa shape index (κ3) is 5.33. The van der Waals surface area contributed by atoms with Gasteiger partial charge in [0.25, 0.3) is 0 Å². The van der Waals surface area contributed by atoms with Crippen molar-refractivity contribution in [2.45, 2.75) is 38.6 Å². The zero-order chi connectivity index (χ0) is 21.5. The number of benzene rings is 2. The minimum atomic E-state index is -0.267. The van der Waals surface area contributed by atoms with Gasteiger partial charge < -0.3 is 19.4 Å². The van der Waals surface area contributed by atoms with Crippen LogP contribution in [0.15, 0.2) is 53.7 Å². The molecule has 0 aliphatic carbocycles. The van der Waals surface area contributed by atoms with Crippen LogP contribution in [0.25, 0.3) is 0 Å². The second-order valence-corrected chi connectivity index (χ2v) is 7.64. The van der Waals surface area contributed by atoms with E-state index in [9.17, 15) is 4.79 Å². The number of hydrogen-bond donors (Lipinski definition) is 1. The molecule has 0 saturated carbocycles. The van der Waals surface area contributed by atoms with Gasteiger partial charge in [0.2, 0.25) is 5.91 Å². The Kier molecular flexibility index (Phi) is 7.35. The Morgan fingerprint density at radius 3 is 2.60 bits per heavy atom. The number of aromatic nitrogens is 3. The maximum absolute atomic E-state index is 12.4. The number of ether oxygens (including phenoxy) is 2. The van der Waals surface area contributed by atoms with Crippen LogP contribution in [0.3, 0.4) is 0 Å². The van der Waals surface area contributed by atoms with Crippen LogP contribution < -0.4 is 14.8 Å². The first-order valence-corrected chi connectivity index (χ1v) is 10.7. The Morgan fingerprint density at radius 2 is 1.90 bits per heavy atom. The van der Waals surface area contributed by atoms with Crippen molar-refractivity contribution >= 4 is 23.4 Å². The summed E-state index contributed by atoms with van der Waals surface area (Å²) in [5.41, 5.74) is 1.82. The van der Waals surface area contributed by atoms with Crippen LogP contribution in [0.1, 0.15) is 31.3 Å². The molecule has 8 heteroatoms. The Morgan fingerprint density at radius 1 is 1.17 bits per heavy atom. The molecule has 1 N–H and O–H groups in total. The number of thioether (sulfide) groups is 1. The van der Waals surface area contributed by atoms with Crippen molar-refractivity contribution in [1.82, 2.24) is 14.8 Å². The smallest absolute Gasteiger partial charge is 0.234 e. The summed E-state index contributed by atoms with van der Waals surface area (Å²) < 4.78 is 13.3. The lowest BCUT2D eigenvalue weighted by Gasteiger charge is -2.15. The number of carbonyl (C=O) groups excluding carboxylic acids is 1. The molecule has 1 heterocycles. The van der Waals surface area contributed by atoms with Crippen molar-refractivity contribution in [3.05, 3.63) is 59.9 Å². The minimum Gasteiger partial charge on any atom is -0.495 e. The molecule has 0 aliphatic heterocycles. The summed E-state index contributed by atoms with van der Waals surface area (Å²) in [6.07, 6.45) is -0.267. The predicted molar refractivity (Wildman–Crippen MR) is 118 cm³/mol. The number of methoxy groups -OCH3 is 1. The van der Waals surface area contributed by atoms with Gasteiger partial charge >= 0.3 is 0 Å². The number of amides is 1. The summed E-state index contributed by atoms with van der Waals surface area (Å²) in [5, 5.41) is 12.1. The van der Waals surface area contributed by atoms with Gasteiger partial charge in [-0.2, -0.15) is 0 Å². The fourth-order valence-corrected chi connectivity index (χ4v) is 3.75. The fraction of sp³-hybridized carbons (Fsp3) is 0.318. The van der Waals surface area contributed by atoms with E-state index in [0.29, 0.717) is 23.1 Å². The topological polar surface area (TPSA) is 78.3 Å². The van der Waals surface area contributed by atoms with Crippen LogP contribution in [-0.4, -0.2) is 33.5 Å². The Labute approximate surface area is 180 Å². The van der Waals surface area contributed by atoms with Gasteiger partial charge in [-0.05, 0) is 45.0 Å². The highest BCUT2D eigenvalue weighted by molar-refractivity contribution is 7.99. The number of anilines is 1. The first-order chi connectivity index (χ1) is 14.5. The molecule has 1 atom stereocenters. The number of hydrogen-bond acceptors (Lipinski definition) is 6. The van der Waals surface area contributed by atoms with Crippen LogP contribution in [0.4, 0.5) is 5.69 Å². The molecule has 1 unspecified atom stereocenters. The third-order valence-corrected chi connectivity index (χ3v) is 5.44. The van der Waals surface area contributed by atoms with Crippen LogP contribution in [-0.2, 0) is 11.3 Å². The van der Waals surface area contributed by atoms with E-state index in [2.05, 4.69) is 15.5 Å². The Bertz CT molecular complexity index is 988. The molecule has 0 fully saturated rings. The van der Waals surface area contributed by atoms with Gasteiger partial charge in [-0.1, -0.05) is 41.6 Å². The summed E-state index contributed by atoms with van der Waals surface area (Å²) in [5.74, 6) is 2.20. The number of rotatable bonds is 9. The molecule has 1 aromatic heterocycles. The maximum atomic E-state index is 12.4. The van der Waals surface area contributed by atoms with Crippen molar-refractivity contribution in [3.63, 3.8) is 0 Å². The van der Waals surface area contributed by atoms with E-state index < -0.39 is 0 Å². The third-order valence-electron chi connectivity index (χ3n) is 4.47. The minimum absolute atomic E-state index is 0.138.